The number of anilines is 1. The van der Waals surface area contributed by atoms with Crippen molar-refractivity contribution < 1.29 is 4.74 Å². The van der Waals surface area contributed by atoms with Gasteiger partial charge in [-0.05, 0) is 24.6 Å². The van der Waals surface area contributed by atoms with Gasteiger partial charge in [0.2, 0.25) is 5.95 Å². The highest BCUT2D eigenvalue weighted by atomic mass is 16.5. The quantitative estimate of drug-likeness (QED) is 0.880. The van der Waals surface area contributed by atoms with Crippen molar-refractivity contribution >= 4 is 5.95 Å². The molecule has 1 N–H and O–H groups in total. The summed E-state index contributed by atoms with van der Waals surface area (Å²) in [5, 5.41) is 3.38. The van der Waals surface area contributed by atoms with Crippen molar-refractivity contribution in [1.29, 1.82) is 0 Å². The van der Waals surface area contributed by atoms with Gasteiger partial charge in [-0.3, -0.25) is 0 Å². The van der Waals surface area contributed by atoms with Gasteiger partial charge in [-0.25, -0.2) is 4.98 Å². The number of ether oxygens (including phenoxy) is 1. The average molecular weight is 243 g/mol. The molecule has 1 unspecified atom stereocenters. The van der Waals surface area contributed by atoms with Gasteiger partial charge in [-0.2, -0.15) is 0 Å². The SMILES string of the molecule is COc1cccc(C2CNc3nc(C)cn3C2)c1. The largest absolute Gasteiger partial charge is 0.497 e. The Bertz CT molecular complexity index is 562. The van der Waals surface area contributed by atoms with Crippen molar-refractivity contribution in [3.05, 3.63) is 41.7 Å². The lowest BCUT2D eigenvalue weighted by Gasteiger charge is -2.25. The Morgan fingerprint density at radius 1 is 1.44 bits per heavy atom. The fraction of sp³-hybridized carbons (Fsp3) is 0.357. The lowest BCUT2D eigenvalue weighted by Crippen LogP contribution is -2.25. The van der Waals surface area contributed by atoms with Crippen molar-refractivity contribution in [2.24, 2.45) is 0 Å². The van der Waals surface area contributed by atoms with E-state index in [-0.39, 0.29) is 0 Å². The molecule has 2 aromatic rings. The van der Waals surface area contributed by atoms with Crippen LogP contribution in [0.5, 0.6) is 5.75 Å². The highest BCUT2D eigenvalue weighted by Gasteiger charge is 2.20. The second-order valence-corrected chi connectivity index (χ2v) is 4.71. The zero-order chi connectivity index (χ0) is 12.5. The molecular weight excluding hydrogens is 226 g/mol. The van der Waals surface area contributed by atoms with Crippen molar-refractivity contribution in [2.45, 2.75) is 19.4 Å². The normalized spacial score (nSPS) is 18.0. The van der Waals surface area contributed by atoms with E-state index in [2.05, 4.69) is 33.2 Å². The topological polar surface area (TPSA) is 39.1 Å². The summed E-state index contributed by atoms with van der Waals surface area (Å²) < 4.78 is 7.46. The summed E-state index contributed by atoms with van der Waals surface area (Å²) in [6, 6.07) is 8.29. The van der Waals surface area contributed by atoms with Gasteiger partial charge in [0.05, 0.1) is 12.8 Å². The molecule has 0 saturated heterocycles. The molecule has 1 aromatic carbocycles. The van der Waals surface area contributed by atoms with Gasteiger partial charge in [0.15, 0.2) is 0 Å². The number of aromatic nitrogens is 2. The number of hydrogen-bond acceptors (Lipinski definition) is 3. The van der Waals surface area contributed by atoms with Crippen LogP contribution in [0.15, 0.2) is 30.5 Å². The van der Waals surface area contributed by atoms with Gasteiger partial charge in [-0.15, -0.1) is 0 Å². The zero-order valence-corrected chi connectivity index (χ0v) is 10.7. The Kier molecular flexibility index (Phi) is 2.70. The average Bonchev–Trinajstić information content (AvgIpc) is 2.77. The summed E-state index contributed by atoms with van der Waals surface area (Å²) in [7, 11) is 1.70. The van der Waals surface area contributed by atoms with Crippen LogP contribution in [0.1, 0.15) is 17.2 Å². The van der Waals surface area contributed by atoms with E-state index < -0.39 is 0 Å². The summed E-state index contributed by atoms with van der Waals surface area (Å²) in [5.41, 5.74) is 2.36. The maximum Gasteiger partial charge on any atom is 0.203 e. The first-order chi connectivity index (χ1) is 8.76. The van der Waals surface area contributed by atoms with Gasteiger partial charge in [0.1, 0.15) is 5.75 Å². The van der Waals surface area contributed by atoms with Crippen molar-refractivity contribution in [3.63, 3.8) is 0 Å². The van der Waals surface area contributed by atoms with E-state index in [0.29, 0.717) is 5.92 Å². The minimum atomic E-state index is 0.459. The molecule has 0 saturated carbocycles. The second-order valence-electron chi connectivity index (χ2n) is 4.71. The van der Waals surface area contributed by atoms with Gasteiger partial charge in [0.25, 0.3) is 0 Å². The zero-order valence-electron chi connectivity index (χ0n) is 10.7. The Morgan fingerprint density at radius 3 is 3.17 bits per heavy atom. The molecule has 94 valence electrons. The Balaban J connectivity index is 1.86. The first kappa shape index (κ1) is 11.1. The van der Waals surface area contributed by atoms with E-state index in [9.17, 15) is 0 Å². The third-order valence-electron chi connectivity index (χ3n) is 3.39. The third kappa shape index (κ3) is 1.94. The highest BCUT2D eigenvalue weighted by Crippen LogP contribution is 2.27. The smallest absolute Gasteiger partial charge is 0.203 e. The second kappa shape index (κ2) is 4.37. The monoisotopic (exact) mass is 243 g/mol. The molecule has 1 aliphatic heterocycles. The van der Waals surface area contributed by atoms with Crippen LogP contribution in [-0.4, -0.2) is 23.2 Å². The first-order valence-electron chi connectivity index (χ1n) is 6.18. The first-order valence-corrected chi connectivity index (χ1v) is 6.18. The fourth-order valence-electron chi connectivity index (χ4n) is 2.46. The number of fused-ring (bicyclic) bond motifs is 1. The number of rotatable bonds is 2. The van der Waals surface area contributed by atoms with Crippen LogP contribution >= 0.6 is 0 Å². The predicted octanol–water partition coefficient (Wildman–Crippen LogP) is 2.41. The Labute approximate surface area is 107 Å². The van der Waals surface area contributed by atoms with Crippen LogP contribution < -0.4 is 10.1 Å². The van der Waals surface area contributed by atoms with E-state index in [1.807, 2.05) is 19.1 Å². The van der Waals surface area contributed by atoms with Crippen molar-refractivity contribution in [2.75, 3.05) is 19.0 Å². The minimum Gasteiger partial charge on any atom is -0.497 e. The van der Waals surface area contributed by atoms with Crippen LogP contribution in [0.25, 0.3) is 0 Å². The summed E-state index contributed by atoms with van der Waals surface area (Å²) >= 11 is 0. The number of aryl methyl sites for hydroxylation is 1. The summed E-state index contributed by atoms with van der Waals surface area (Å²) in [6.45, 7) is 3.91. The van der Waals surface area contributed by atoms with E-state index in [0.717, 1.165) is 30.5 Å². The summed E-state index contributed by atoms with van der Waals surface area (Å²) in [5.74, 6) is 2.35. The number of benzene rings is 1. The summed E-state index contributed by atoms with van der Waals surface area (Å²) in [6.07, 6.45) is 2.09. The molecule has 1 aromatic heterocycles. The lowest BCUT2D eigenvalue weighted by atomic mass is 9.97. The molecule has 0 radical (unpaired) electrons. The van der Waals surface area contributed by atoms with Gasteiger partial charge < -0.3 is 14.6 Å². The number of nitrogens with zero attached hydrogens (tertiary/aromatic N) is 2. The summed E-state index contributed by atoms with van der Waals surface area (Å²) in [4.78, 5) is 4.44. The molecule has 4 heteroatoms. The predicted molar refractivity (Wildman–Crippen MR) is 71.2 cm³/mol. The van der Waals surface area contributed by atoms with Gasteiger partial charge in [-0.1, -0.05) is 12.1 Å². The molecule has 1 aliphatic rings. The third-order valence-corrected chi connectivity index (χ3v) is 3.39. The molecule has 2 heterocycles. The van der Waals surface area contributed by atoms with Crippen LogP contribution in [0.4, 0.5) is 5.95 Å². The molecule has 0 aliphatic carbocycles. The standard InChI is InChI=1S/C14H17N3O/c1-10-8-17-9-12(7-15-14(17)16-10)11-4-3-5-13(6-11)18-2/h3-6,8,12H,7,9H2,1-2H3,(H,15,16). The van der Waals surface area contributed by atoms with Crippen molar-refractivity contribution in [1.82, 2.24) is 9.55 Å². The van der Waals surface area contributed by atoms with Gasteiger partial charge in [0, 0.05) is 25.2 Å². The lowest BCUT2D eigenvalue weighted by molar-refractivity contribution is 0.413. The minimum absolute atomic E-state index is 0.459. The van der Waals surface area contributed by atoms with Crippen LogP contribution in [0.2, 0.25) is 0 Å². The molecule has 4 nitrogen and oxygen atoms in total. The van der Waals surface area contributed by atoms with E-state index in [1.165, 1.54) is 5.56 Å². The Morgan fingerprint density at radius 2 is 2.33 bits per heavy atom. The van der Waals surface area contributed by atoms with E-state index in [4.69, 9.17) is 4.74 Å². The highest BCUT2D eigenvalue weighted by molar-refractivity contribution is 5.37. The van der Waals surface area contributed by atoms with Crippen LogP contribution in [0, 0.1) is 6.92 Å². The molecule has 0 spiro atoms. The molecule has 0 fully saturated rings. The maximum atomic E-state index is 5.28. The molecule has 3 rings (SSSR count). The molecular formula is C14H17N3O. The molecule has 0 bridgehead atoms. The van der Waals surface area contributed by atoms with E-state index in [1.54, 1.807) is 7.11 Å². The number of nitrogens with one attached hydrogen (secondary N) is 1. The van der Waals surface area contributed by atoms with Gasteiger partial charge >= 0.3 is 0 Å². The number of hydrogen-bond donors (Lipinski definition) is 1. The van der Waals surface area contributed by atoms with Crippen LogP contribution in [0.3, 0.4) is 0 Å². The number of methoxy groups -OCH3 is 1. The maximum absolute atomic E-state index is 5.28. The molecule has 0 amide bonds. The fourth-order valence-corrected chi connectivity index (χ4v) is 2.46. The van der Waals surface area contributed by atoms with Crippen molar-refractivity contribution in [3.8, 4) is 5.75 Å². The number of imidazole rings is 1. The Hall–Kier alpha value is -1.97. The molecule has 18 heavy (non-hydrogen) atoms. The van der Waals surface area contributed by atoms with E-state index >= 15 is 0 Å². The molecule has 1 atom stereocenters. The van der Waals surface area contributed by atoms with Crippen LogP contribution in [-0.2, 0) is 6.54 Å².